The molecule has 0 saturated heterocycles. The van der Waals surface area contributed by atoms with Gasteiger partial charge in [0.1, 0.15) is 5.69 Å². The van der Waals surface area contributed by atoms with Crippen LogP contribution in [-0.4, -0.2) is 11.1 Å². The number of hydrogen-bond donors (Lipinski definition) is 1. The van der Waals surface area contributed by atoms with Crippen LogP contribution in [0.4, 0.5) is 19.1 Å². The fraction of sp³-hybridized carbons (Fsp3) is 0.0476. The van der Waals surface area contributed by atoms with Crippen LogP contribution in [0.15, 0.2) is 75.9 Å². The van der Waals surface area contributed by atoms with Gasteiger partial charge in [0.2, 0.25) is 5.88 Å². The Hall–Kier alpha value is -3.39. The van der Waals surface area contributed by atoms with E-state index in [1.54, 1.807) is 11.3 Å². The van der Waals surface area contributed by atoms with Gasteiger partial charge in [-0.3, -0.25) is 10.1 Å². The van der Waals surface area contributed by atoms with Gasteiger partial charge in [-0.05, 0) is 52.2 Å². The van der Waals surface area contributed by atoms with Crippen molar-refractivity contribution in [1.29, 1.82) is 0 Å². The summed E-state index contributed by atoms with van der Waals surface area (Å²) in [6.07, 6.45) is -4.52. The molecule has 4 aromatic rings. The molecule has 0 spiro atoms. The summed E-state index contributed by atoms with van der Waals surface area (Å²) < 4.78 is 43.6. The van der Waals surface area contributed by atoms with E-state index >= 15 is 0 Å². The molecule has 0 aliphatic carbocycles. The Kier molecular flexibility index (Phi) is 4.94. The minimum absolute atomic E-state index is 0.0448. The zero-order valence-electron chi connectivity index (χ0n) is 14.7. The van der Waals surface area contributed by atoms with E-state index in [9.17, 15) is 18.0 Å². The number of hydrogen-bond acceptors (Lipinski definition) is 4. The van der Waals surface area contributed by atoms with Crippen LogP contribution in [0.2, 0.25) is 0 Å². The number of nitrogens with zero attached hydrogens (tertiary/aromatic N) is 1. The van der Waals surface area contributed by atoms with Crippen LogP contribution in [0.5, 0.6) is 0 Å². The molecule has 2 aromatic heterocycles. The standard InChI is InChI=1S/C21H13F3N2O2S/c22-21(23,24)17-6-2-5-15(10-17)20(27)25-19-11-18(26-28-19)14-4-1-3-13(9-14)16-7-8-29-12-16/h1-12H,(H,25,27). The molecule has 146 valence electrons. The average molecular weight is 414 g/mol. The number of aromatic nitrogens is 1. The van der Waals surface area contributed by atoms with Crippen LogP contribution in [0.1, 0.15) is 15.9 Å². The molecule has 1 amide bonds. The zero-order chi connectivity index (χ0) is 20.4. The molecule has 0 bridgehead atoms. The molecule has 29 heavy (non-hydrogen) atoms. The van der Waals surface area contributed by atoms with Gasteiger partial charge in [-0.2, -0.15) is 24.5 Å². The summed E-state index contributed by atoms with van der Waals surface area (Å²) in [6.45, 7) is 0. The molecule has 2 aromatic carbocycles. The van der Waals surface area contributed by atoms with Crippen molar-refractivity contribution in [1.82, 2.24) is 5.16 Å². The number of amides is 1. The van der Waals surface area contributed by atoms with Gasteiger partial charge in [0.25, 0.3) is 5.91 Å². The van der Waals surface area contributed by atoms with Gasteiger partial charge in [-0.25, -0.2) is 0 Å². The zero-order valence-corrected chi connectivity index (χ0v) is 15.6. The third-order valence-electron chi connectivity index (χ3n) is 4.21. The number of rotatable bonds is 4. The first-order chi connectivity index (χ1) is 13.9. The van der Waals surface area contributed by atoms with E-state index in [1.165, 1.54) is 18.2 Å². The van der Waals surface area contributed by atoms with Gasteiger partial charge in [0, 0.05) is 17.2 Å². The van der Waals surface area contributed by atoms with Gasteiger partial charge in [-0.1, -0.05) is 29.4 Å². The van der Waals surface area contributed by atoms with Crippen LogP contribution >= 0.6 is 11.3 Å². The first kappa shape index (κ1) is 18.9. The van der Waals surface area contributed by atoms with Crippen molar-refractivity contribution < 1.29 is 22.5 Å². The predicted octanol–water partition coefficient (Wildman–Crippen LogP) is 6.34. The fourth-order valence-electron chi connectivity index (χ4n) is 2.78. The molecule has 8 heteroatoms. The molecule has 0 aliphatic heterocycles. The number of carbonyl (C=O) groups is 1. The second kappa shape index (κ2) is 7.56. The highest BCUT2D eigenvalue weighted by atomic mass is 32.1. The average Bonchev–Trinajstić information content (AvgIpc) is 3.40. The lowest BCUT2D eigenvalue weighted by molar-refractivity contribution is -0.137. The van der Waals surface area contributed by atoms with E-state index in [2.05, 4.69) is 10.5 Å². The van der Waals surface area contributed by atoms with Crippen LogP contribution in [-0.2, 0) is 6.18 Å². The quantitative estimate of drug-likeness (QED) is 0.424. The Morgan fingerprint density at radius 1 is 0.966 bits per heavy atom. The SMILES string of the molecule is O=C(Nc1cc(-c2cccc(-c3ccsc3)c2)no1)c1cccc(C(F)(F)F)c1. The van der Waals surface area contributed by atoms with Crippen LogP contribution in [0.3, 0.4) is 0 Å². The number of alkyl halides is 3. The summed E-state index contributed by atoms with van der Waals surface area (Å²) >= 11 is 1.60. The first-order valence-electron chi connectivity index (χ1n) is 8.48. The van der Waals surface area contributed by atoms with Gasteiger partial charge >= 0.3 is 6.18 Å². The van der Waals surface area contributed by atoms with E-state index in [4.69, 9.17) is 4.52 Å². The molecule has 2 heterocycles. The molecule has 0 radical (unpaired) electrons. The number of thiophene rings is 1. The van der Waals surface area contributed by atoms with E-state index in [0.29, 0.717) is 5.69 Å². The summed E-state index contributed by atoms with van der Waals surface area (Å²) in [5.41, 5.74) is 2.36. The van der Waals surface area contributed by atoms with Gasteiger partial charge < -0.3 is 4.52 Å². The molecule has 0 fully saturated rings. The molecular formula is C21H13F3N2O2S. The Labute approximate surface area is 167 Å². The lowest BCUT2D eigenvalue weighted by Crippen LogP contribution is -2.13. The first-order valence-corrected chi connectivity index (χ1v) is 9.43. The van der Waals surface area contributed by atoms with Crippen molar-refractivity contribution in [2.75, 3.05) is 5.32 Å². The molecular weight excluding hydrogens is 401 g/mol. The minimum atomic E-state index is -4.52. The number of nitrogens with one attached hydrogen (secondary N) is 1. The van der Waals surface area contributed by atoms with E-state index < -0.39 is 17.6 Å². The summed E-state index contributed by atoms with van der Waals surface area (Å²) in [7, 11) is 0. The second-order valence-corrected chi connectivity index (χ2v) is 6.98. The minimum Gasteiger partial charge on any atom is -0.338 e. The summed E-state index contributed by atoms with van der Waals surface area (Å²) in [4.78, 5) is 12.3. The van der Waals surface area contributed by atoms with Crippen molar-refractivity contribution in [2.24, 2.45) is 0 Å². The number of benzene rings is 2. The summed E-state index contributed by atoms with van der Waals surface area (Å²) in [5, 5.41) is 10.4. The smallest absolute Gasteiger partial charge is 0.338 e. The molecule has 0 atom stereocenters. The highest BCUT2D eigenvalue weighted by molar-refractivity contribution is 7.08. The monoisotopic (exact) mass is 414 g/mol. The Morgan fingerprint density at radius 2 is 1.76 bits per heavy atom. The van der Waals surface area contributed by atoms with Crippen molar-refractivity contribution >= 4 is 23.1 Å². The van der Waals surface area contributed by atoms with E-state index in [-0.39, 0.29) is 11.4 Å². The molecule has 1 N–H and O–H groups in total. The maximum Gasteiger partial charge on any atom is 0.416 e. The highest BCUT2D eigenvalue weighted by Gasteiger charge is 2.31. The van der Waals surface area contributed by atoms with Crippen molar-refractivity contribution in [3.05, 3.63) is 82.6 Å². The van der Waals surface area contributed by atoms with Crippen molar-refractivity contribution in [3.8, 4) is 22.4 Å². The maximum atomic E-state index is 12.8. The number of halogens is 3. The van der Waals surface area contributed by atoms with Crippen LogP contribution in [0, 0.1) is 0 Å². The van der Waals surface area contributed by atoms with E-state index in [1.807, 2.05) is 41.1 Å². The van der Waals surface area contributed by atoms with Gasteiger partial charge in [-0.15, -0.1) is 0 Å². The lowest BCUT2D eigenvalue weighted by atomic mass is 10.0. The normalized spacial score (nSPS) is 11.4. The number of carbonyl (C=O) groups excluding carboxylic acids is 1. The molecule has 0 saturated carbocycles. The number of anilines is 1. The predicted molar refractivity (Wildman–Crippen MR) is 105 cm³/mol. The molecule has 0 aliphatic rings. The van der Waals surface area contributed by atoms with Crippen molar-refractivity contribution in [3.63, 3.8) is 0 Å². The van der Waals surface area contributed by atoms with Gasteiger partial charge in [0.15, 0.2) is 0 Å². The molecule has 4 nitrogen and oxygen atoms in total. The topological polar surface area (TPSA) is 55.1 Å². The van der Waals surface area contributed by atoms with Crippen molar-refractivity contribution in [2.45, 2.75) is 6.18 Å². The maximum absolute atomic E-state index is 12.8. The third-order valence-corrected chi connectivity index (χ3v) is 4.90. The van der Waals surface area contributed by atoms with Gasteiger partial charge in [0.05, 0.1) is 5.56 Å². The summed E-state index contributed by atoms with van der Waals surface area (Å²) in [6, 6.07) is 15.4. The summed E-state index contributed by atoms with van der Waals surface area (Å²) in [5.74, 6) is -0.672. The molecule has 4 rings (SSSR count). The fourth-order valence-corrected chi connectivity index (χ4v) is 3.44. The lowest BCUT2D eigenvalue weighted by Gasteiger charge is -2.08. The largest absolute Gasteiger partial charge is 0.416 e. The van der Waals surface area contributed by atoms with Crippen LogP contribution in [0.25, 0.3) is 22.4 Å². The third kappa shape index (κ3) is 4.22. The Balaban J connectivity index is 1.53. The second-order valence-electron chi connectivity index (χ2n) is 6.20. The van der Waals surface area contributed by atoms with Crippen LogP contribution < -0.4 is 5.32 Å². The van der Waals surface area contributed by atoms with E-state index in [0.717, 1.165) is 28.8 Å². The highest BCUT2D eigenvalue weighted by Crippen LogP contribution is 2.30. The Morgan fingerprint density at radius 3 is 2.52 bits per heavy atom. The Bertz CT molecular complexity index is 1150. The molecule has 0 unspecified atom stereocenters.